The number of benzene rings is 1. The van der Waals surface area contributed by atoms with Gasteiger partial charge in [0.15, 0.2) is 4.77 Å². The van der Waals surface area contributed by atoms with E-state index in [-0.39, 0.29) is 17.5 Å². The highest BCUT2D eigenvalue weighted by Crippen LogP contribution is 2.49. The van der Waals surface area contributed by atoms with Crippen molar-refractivity contribution in [3.63, 3.8) is 0 Å². The molecule has 3 rings (SSSR count). The van der Waals surface area contributed by atoms with Crippen molar-refractivity contribution < 1.29 is 19.7 Å². The van der Waals surface area contributed by atoms with Crippen LogP contribution in [0.15, 0.2) is 34.1 Å². The van der Waals surface area contributed by atoms with Gasteiger partial charge >= 0.3 is 0 Å². The zero-order chi connectivity index (χ0) is 13.4. The Hall–Kier alpha value is -0.240. The van der Waals surface area contributed by atoms with Gasteiger partial charge in [0.1, 0.15) is 18.3 Å². The van der Waals surface area contributed by atoms with Crippen LogP contribution in [0.25, 0.3) is 0 Å². The molecule has 1 aromatic rings. The van der Waals surface area contributed by atoms with Crippen molar-refractivity contribution in [2.75, 3.05) is 6.61 Å². The first-order valence-corrected chi connectivity index (χ1v) is 7.97. The molecule has 1 fully saturated rings. The summed E-state index contributed by atoms with van der Waals surface area (Å²) in [5, 5.41) is 19.3. The van der Waals surface area contributed by atoms with Crippen LogP contribution in [0.2, 0.25) is 0 Å². The number of hydrogen-bond donors (Lipinski definition) is 2. The van der Waals surface area contributed by atoms with E-state index in [0.29, 0.717) is 0 Å². The maximum atomic E-state index is 10.1. The molecule has 0 saturated carbocycles. The van der Waals surface area contributed by atoms with Crippen molar-refractivity contribution in [1.29, 1.82) is 0 Å². The topological polar surface area (TPSA) is 58.9 Å². The fourth-order valence-electron chi connectivity index (χ4n) is 2.30. The summed E-state index contributed by atoms with van der Waals surface area (Å²) in [4.78, 5) is 2.39. The van der Waals surface area contributed by atoms with Crippen LogP contribution < -0.4 is 0 Å². The van der Waals surface area contributed by atoms with E-state index in [0.717, 1.165) is 0 Å². The van der Waals surface area contributed by atoms with E-state index in [1.54, 1.807) is 30.4 Å². The quantitative estimate of drug-likeness (QED) is 0.886. The third-order valence-corrected chi connectivity index (χ3v) is 5.85. The number of ether oxygens (including phenoxy) is 2. The smallest absolute Gasteiger partial charge is 0.159 e. The molecule has 2 N–H and O–H groups in total. The summed E-state index contributed by atoms with van der Waals surface area (Å²) in [5.41, 5.74) is 0. The first kappa shape index (κ1) is 13.7. The molecule has 6 heteroatoms. The fraction of sp³-hybridized carbons (Fsp3) is 0.538. The Balaban J connectivity index is 1.67. The van der Waals surface area contributed by atoms with Crippen LogP contribution in [0, 0.1) is 0 Å². The van der Waals surface area contributed by atoms with Crippen LogP contribution in [0.1, 0.15) is 6.92 Å². The van der Waals surface area contributed by atoms with Gasteiger partial charge in [-0.1, -0.05) is 35.7 Å². The molecule has 0 aliphatic carbocycles. The lowest BCUT2D eigenvalue weighted by atomic mass is 10.1. The highest BCUT2D eigenvalue weighted by atomic mass is 32.2. The minimum absolute atomic E-state index is 0.0972. The van der Waals surface area contributed by atoms with Crippen LogP contribution >= 0.6 is 23.5 Å². The molecule has 1 aromatic carbocycles. The minimum atomic E-state index is -0.693. The van der Waals surface area contributed by atoms with E-state index in [9.17, 15) is 10.2 Å². The molecule has 2 heterocycles. The molecule has 1 unspecified atom stereocenters. The Morgan fingerprint density at radius 2 is 1.89 bits per heavy atom. The lowest BCUT2D eigenvalue weighted by molar-refractivity contribution is -0.0453. The van der Waals surface area contributed by atoms with Gasteiger partial charge in [-0.2, -0.15) is 0 Å². The molecule has 0 spiro atoms. The highest BCUT2D eigenvalue weighted by molar-refractivity contribution is 8.19. The Morgan fingerprint density at radius 3 is 2.47 bits per heavy atom. The van der Waals surface area contributed by atoms with Crippen LogP contribution in [-0.4, -0.2) is 46.0 Å². The standard InChI is InChI=1S/C13H16O4S2/c1-7-11(15)12(8(6-14)16-7)17-13-18-9-4-2-3-5-10(9)19-13/h2-5,7-8,11-15H,6H2,1H3/t7-,8+,11?,12-/m0/s1. The van der Waals surface area contributed by atoms with E-state index in [4.69, 9.17) is 9.47 Å². The summed E-state index contributed by atoms with van der Waals surface area (Å²) in [7, 11) is 0. The molecule has 4 atom stereocenters. The largest absolute Gasteiger partial charge is 0.394 e. The SMILES string of the molecule is C[C@@H]1O[C@H](CO)[C@H](OC2Sc3ccccc3S2)C1O. The first-order chi connectivity index (χ1) is 9.19. The highest BCUT2D eigenvalue weighted by Gasteiger charge is 2.44. The second kappa shape index (κ2) is 5.63. The van der Waals surface area contributed by atoms with E-state index in [1.165, 1.54) is 9.79 Å². The van der Waals surface area contributed by atoms with E-state index >= 15 is 0 Å². The zero-order valence-electron chi connectivity index (χ0n) is 10.4. The summed E-state index contributed by atoms with van der Waals surface area (Å²) < 4.78 is 11.3. The van der Waals surface area contributed by atoms with Gasteiger partial charge in [-0.3, -0.25) is 0 Å². The minimum Gasteiger partial charge on any atom is -0.394 e. The van der Waals surface area contributed by atoms with Gasteiger partial charge in [-0.25, -0.2) is 0 Å². The first-order valence-electron chi connectivity index (χ1n) is 6.21. The average Bonchev–Trinajstić information content (AvgIpc) is 2.94. The maximum Gasteiger partial charge on any atom is 0.159 e. The van der Waals surface area contributed by atoms with Gasteiger partial charge in [0.05, 0.1) is 12.7 Å². The Bertz CT molecular complexity index is 431. The van der Waals surface area contributed by atoms with Crippen LogP contribution in [0.5, 0.6) is 0 Å². The number of fused-ring (bicyclic) bond motifs is 1. The molecule has 0 radical (unpaired) electrons. The zero-order valence-corrected chi connectivity index (χ0v) is 12.1. The molecule has 104 valence electrons. The normalized spacial score (nSPS) is 34.7. The van der Waals surface area contributed by atoms with Gasteiger partial charge in [-0.15, -0.1) is 0 Å². The predicted octanol–water partition coefficient (Wildman–Crippen LogP) is 1.69. The van der Waals surface area contributed by atoms with Crippen molar-refractivity contribution in [2.45, 2.75) is 45.9 Å². The van der Waals surface area contributed by atoms with Crippen LogP contribution in [0.4, 0.5) is 0 Å². The number of hydrogen-bond acceptors (Lipinski definition) is 6. The molecular weight excluding hydrogens is 284 g/mol. The third kappa shape index (κ3) is 2.66. The molecule has 0 amide bonds. The van der Waals surface area contributed by atoms with Crippen molar-refractivity contribution in [3.05, 3.63) is 24.3 Å². The number of aliphatic hydroxyl groups excluding tert-OH is 2. The fourth-order valence-corrected chi connectivity index (χ4v) is 4.86. The van der Waals surface area contributed by atoms with Gasteiger partial charge < -0.3 is 19.7 Å². The van der Waals surface area contributed by atoms with E-state index in [2.05, 4.69) is 12.1 Å². The van der Waals surface area contributed by atoms with E-state index < -0.39 is 18.3 Å². The molecule has 19 heavy (non-hydrogen) atoms. The monoisotopic (exact) mass is 300 g/mol. The molecule has 0 bridgehead atoms. The van der Waals surface area contributed by atoms with Crippen LogP contribution in [0.3, 0.4) is 0 Å². The molecular formula is C13H16O4S2. The molecule has 2 aliphatic rings. The van der Waals surface area contributed by atoms with Crippen molar-refractivity contribution >= 4 is 23.5 Å². The second-order valence-electron chi connectivity index (χ2n) is 4.62. The molecule has 0 aromatic heterocycles. The molecule has 2 aliphatic heterocycles. The Labute approximate surface area is 120 Å². The predicted molar refractivity (Wildman–Crippen MR) is 74.2 cm³/mol. The van der Waals surface area contributed by atoms with Gasteiger partial charge in [0.2, 0.25) is 0 Å². The number of aliphatic hydroxyl groups is 2. The summed E-state index contributed by atoms with van der Waals surface area (Å²) >= 11 is 3.26. The summed E-state index contributed by atoms with van der Waals surface area (Å²) in [6.45, 7) is 1.65. The van der Waals surface area contributed by atoms with Crippen molar-refractivity contribution in [2.24, 2.45) is 0 Å². The van der Waals surface area contributed by atoms with Gasteiger partial charge in [-0.05, 0) is 19.1 Å². The summed E-state index contributed by atoms with van der Waals surface area (Å²) in [6, 6.07) is 8.12. The van der Waals surface area contributed by atoms with Crippen molar-refractivity contribution in [3.8, 4) is 0 Å². The number of rotatable bonds is 3. The summed E-state index contributed by atoms with van der Waals surface area (Å²) in [6.07, 6.45) is -1.92. The Morgan fingerprint density at radius 1 is 1.26 bits per heavy atom. The van der Waals surface area contributed by atoms with E-state index in [1.807, 2.05) is 12.1 Å². The van der Waals surface area contributed by atoms with Gasteiger partial charge in [0, 0.05) is 9.79 Å². The lowest BCUT2D eigenvalue weighted by Gasteiger charge is -2.22. The maximum absolute atomic E-state index is 10.1. The van der Waals surface area contributed by atoms with Gasteiger partial charge in [0.25, 0.3) is 0 Å². The van der Waals surface area contributed by atoms with Crippen molar-refractivity contribution in [1.82, 2.24) is 0 Å². The third-order valence-electron chi connectivity index (χ3n) is 3.32. The second-order valence-corrected chi connectivity index (χ2v) is 7.13. The lowest BCUT2D eigenvalue weighted by Crippen LogP contribution is -2.37. The molecule has 4 nitrogen and oxygen atoms in total. The Kier molecular flexibility index (Phi) is 4.07. The number of thioether (sulfide) groups is 2. The summed E-state index contributed by atoms with van der Waals surface area (Å²) in [5.74, 6) is 0. The van der Waals surface area contributed by atoms with Crippen LogP contribution in [-0.2, 0) is 9.47 Å². The molecule has 1 saturated heterocycles. The average molecular weight is 300 g/mol.